The van der Waals surface area contributed by atoms with Crippen LogP contribution in [-0.2, 0) is 9.59 Å². The Balaban J connectivity index is 1.82. The van der Waals surface area contributed by atoms with Gasteiger partial charge in [-0.05, 0) is 63.7 Å². The Hall–Kier alpha value is -2.83. The van der Waals surface area contributed by atoms with E-state index >= 15 is 0 Å². The number of halogens is 1. The van der Waals surface area contributed by atoms with Crippen LogP contribution in [0.1, 0.15) is 24.0 Å². The fourth-order valence-corrected chi connectivity index (χ4v) is 4.61. The molecule has 0 aromatic heterocycles. The molecule has 2 aromatic carbocycles. The molecule has 7 heteroatoms. The van der Waals surface area contributed by atoms with Crippen molar-refractivity contribution in [2.75, 3.05) is 39.2 Å². The molecule has 32 heavy (non-hydrogen) atoms. The Morgan fingerprint density at radius 2 is 1.69 bits per heavy atom. The lowest BCUT2D eigenvalue weighted by Gasteiger charge is -2.36. The highest BCUT2D eigenvalue weighted by molar-refractivity contribution is 6.46. The summed E-state index contributed by atoms with van der Waals surface area (Å²) in [5.74, 6) is -0.302. The second-order valence-electron chi connectivity index (χ2n) is 8.50. The Kier molecular flexibility index (Phi) is 6.26. The van der Waals surface area contributed by atoms with Crippen LogP contribution in [0, 0.1) is 6.92 Å². The van der Waals surface area contributed by atoms with E-state index in [9.17, 15) is 9.59 Å². The van der Waals surface area contributed by atoms with Crippen molar-refractivity contribution >= 4 is 34.7 Å². The molecule has 2 aliphatic rings. The number of anilines is 1. The Morgan fingerprint density at radius 1 is 1.03 bits per heavy atom. The lowest BCUT2D eigenvalue weighted by Crippen LogP contribution is -2.43. The maximum absolute atomic E-state index is 13.8. The number of benzene rings is 2. The van der Waals surface area contributed by atoms with Gasteiger partial charge in [-0.2, -0.15) is 0 Å². The fourth-order valence-electron chi connectivity index (χ4n) is 4.45. The number of nitrogens with zero attached hydrogens (tertiary/aromatic N) is 3. The number of imide groups is 1. The van der Waals surface area contributed by atoms with Crippen molar-refractivity contribution in [3.05, 3.63) is 64.3 Å². The number of rotatable bonds is 5. The molecular weight excluding hydrogens is 426 g/mol. The third-order valence-corrected chi connectivity index (χ3v) is 6.61. The van der Waals surface area contributed by atoms with Crippen LogP contribution in [0.4, 0.5) is 5.69 Å². The molecule has 0 aliphatic carbocycles. The van der Waals surface area contributed by atoms with Crippen LogP contribution >= 0.6 is 11.6 Å². The van der Waals surface area contributed by atoms with E-state index in [1.165, 1.54) is 12.0 Å². The molecule has 0 saturated carbocycles. The van der Waals surface area contributed by atoms with Crippen molar-refractivity contribution in [2.24, 2.45) is 0 Å². The van der Waals surface area contributed by atoms with Crippen LogP contribution in [0.25, 0.3) is 5.57 Å². The molecule has 6 nitrogen and oxygen atoms in total. The first-order chi connectivity index (χ1) is 15.3. The maximum Gasteiger partial charge on any atom is 0.282 e. The number of carbonyl (C=O) groups excluding carboxylic acids is 2. The van der Waals surface area contributed by atoms with Crippen molar-refractivity contribution in [3.8, 4) is 5.75 Å². The van der Waals surface area contributed by atoms with E-state index in [0.717, 1.165) is 37.1 Å². The van der Waals surface area contributed by atoms with E-state index in [-0.39, 0.29) is 17.9 Å². The second kappa shape index (κ2) is 8.96. The molecule has 2 heterocycles. The molecule has 168 valence electrons. The van der Waals surface area contributed by atoms with Gasteiger partial charge in [0, 0.05) is 18.1 Å². The number of likely N-dealkylation sites (N-methyl/N-ethyl adjacent to an activating group) is 1. The lowest BCUT2D eigenvalue weighted by molar-refractivity contribution is -0.120. The maximum atomic E-state index is 13.8. The number of methoxy groups -OCH3 is 1. The van der Waals surface area contributed by atoms with E-state index in [1.807, 2.05) is 43.1 Å². The second-order valence-corrected chi connectivity index (χ2v) is 8.93. The molecule has 0 spiro atoms. The number of hydrogen-bond acceptors (Lipinski definition) is 5. The minimum atomic E-state index is -0.366. The van der Waals surface area contributed by atoms with Crippen LogP contribution in [0.15, 0.2) is 48.2 Å². The molecule has 0 N–H and O–H groups in total. The monoisotopic (exact) mass is 453 g/mol. The van der Waals surface area contributed by atoms with Crippen molar-refractivity contribution in [1.29, 1.82) is 0 Å². The Bertz CT molecular complexity index is 1070. The van der Waals surface area contributed by atoms with Gasteiger partial charge in [0.05, 0.1) is 18.4 Å². The van der Waals surface area contributed by atoms with Crippen LogP contribution in [0.5, 0.6) is 5.75 Å². The summed E-state index contributed by atoms with van der Waals surface area (Å²) in [6, 6.07) is 12.8. The SMILES string of the molecule is COc1ccc(Cl)cc1N1C(=O)C(c2ccc(C)cc2)=C(N(C)C2CCN(C)CC2)C1=O. The summed E-state index contributed by atoms with van der Waals surface area (Å²) in [6.45, 7) is 3.90. The molecule has 4 rings (SSSR count). The number of piperidine rings is 1. The van der Waals surface area contributed by atoms with Crippen LogP contribution < -0.4 is 9.64 Å². The standard InChI is InChI=1S/C25H28ClN3O3/c1-16-5-7-17(8-6-16)22-23(28(3)19-11-13-27(2)14-12-19)25(31)29(24(22)30)20-15-18(26)9-10-21(20)32-4/h5-10,15,19H,11-14H2,1-4H3. The zero-order chi connectivity index (χ0) is 23.0. The van der Waals surface area contributed by atoms with Gasteiger partial charge in [-0.1, -0.05) is 41.4 Å². The number of carbonyl (C=O) groups is 2. The van der Waals surface area contributed by atoms with Crippen LogP contribution in [0.3, 0.4) is 0 Å². The van der Waals surface area contributed by atoms with E-state index < -0.39 is 0 Å². The first kappa shape index (κ1) is 22.4. The number of hydrogen-bond donors (Lipinski definition) is 0. The molecule has 1 fully saturated rings. The molecule has 1 saturated heterocycles. The van der Waals surface area contributed by atoms with Gasteiger partial charge in [0.25, 0.3) is 11.8 Å². The summed E-state index contributed by atoms with van der Waals surface area (Å²) < 4.78 is 5.45. The summed E-state index contributed by atoms with van der Waals surface area (Å²) in [6.07, 6.45) is 1.86. The summed E-state index contributed by atoms with van der Waals surface area (Å²) in [7, 11) is 5.53. The average Bonchev–Trinajstić information content (AvgIpc) is 3.04. The summed E-state index contributed by atoms with van der Waals surface area (Å²) >= 11 is 6.22. The summed E-state index contributed by atoms with van der Waals surface area (Å²) in [5, 5.41) is 0.426. The van der Waals surface area contributed by atoms with Gasteiger partial charge in [-0.3, -0.25) is 9.59 Å². The highest BCUT2D eigenvalue weighted by Crippen LogP contribution is 2.40. The Labute approximate surface area is 194 Å². The van der Waals surface area contributed by atoms with Gasteiger partial charge in [-0.15, -0.1) is 0 Å². The molecular formula is C25H28ClN3O3. The highest BCUT2D eigenvalue weighted by atomic mass is 35.5. The minimum Gasteiger partial charge on any atom is -0.495 e. The fraction of sp³-hybridized carbons (Fsp3) is 0.360. The van der Waals surface area contributed by atoms with Gasteiger partial charge >= 0.3 is 0 Å². The molecule has 2 aliphatic heterocycles. The van der Waals surface area contributed by atoms with Gasteiger partial charge in [-0.25, -0.2) is 4.90 Å². The van der Waals surface area contributed by atoms with Crippen molar-refractivity contribution in [1.82, 2.24) is 9.80 Å². The normalized spacial score (nSPS) is 18.0. The van der Waals surface area contributed by atoms with E-state index in [1.54, 1.807) is 18.2 Å². The third kappa shape index (κ3) is 4.00. The molecule has 0 bridgehead atoms. The third-order valence-electron chi connectivity index (χ3n) is 6.37. The highest BCUT2D eigenvalue weighted by Gasteiger charge is 2.44. The van der Waals surface area contributed by atoms with Gasteiger partial charge in [0.15, 0.2) is 0 Å². The first-order valence-corrected chi connectivity index (χ1v) is 11.1. The predicted molar refractivity (Wildman–Crippen MR) is 127 cm³/mol. The quantitative estimate of drug-likeness (QED) is 0.641. The molecule has 0 unspecified atom stereocenters. The molecule has 2 amide bonds. The van der Waals surface area contributed by atoms with Crippen LogP contribution in [-0.4, -0.2) is 62.0 Å². The predicted octanol–water partition coefficient (Wildman–Crippen LogP) is 3.97. The smallest absolute Gasteiger partial charge is 0.282 e. The zero-order valence-corrected chi connectivity index (χ0v) is 19.6. The van der Waals surface area contributed by atoms with E-state index in [4.69, 9.17) is 16.3 Å². The largest absolute Gasteiger partial charge is 0.495 e. The number of aryl methyl sites for hydroxylation is 1. The van der Waals surface area contributed by atoms with Gasteiger partial charge in [0.1, 0.15) is 11.4 Å². The topological polar surface area (TPSA) is 53.1 Å². The summed E-state index contributed by atoms with van der Waals surface area (Å²) in [5.41, 5.74) is 3.01. The van der Waals surface area contributed by atoms with Crippen molar-refractivity contribution in [2.45, 2.75) is 25.8 Å². The number of amides is 2. The molecule has 0 atom stereocenters. The van der Waals surface area contributed by atoms with Crippen LogP contribution in [0.2, 0.25) is 5.02 Å². The molecule has 2 aromatic rings. The number of ether oxygens (including phenoxy) is 1. The van der Waals surface area contributed by atoms with Gasteiger partial charge in [0.2, 0.25) is 0 Å². The number of likely N-dealkylation sites (tertiary alicyclic amines) is 1. The minimum absolute atomic E-state index is 0.180. The average molecular weight is 454 g/mol. The zero-order valence-electron chi connectivity index (χ0n) is 18.9. The van der Waals surface area contributed by atoms with Gasteiger partial charge < -0.3 is 14.5 Å². The first-order valence-electron chi connectivity index (χ1n) is 10.8. The van der Waals surface area contributed by atoms with Crippen molar-refractivity contribution < 1.29 is 14.3 Å². The summed E-state index contributed by atoms with van der Waals surface area (Å²) in [4.78, 5) is 33.0. The molecule has 0 radical (unpaired) electrons. The lowest BCUT2D eigenvalue weighted by atomic mass is 9.99. The Morgan fingerprint density at radius 3 is 2.31 bits per heavy atom. The van der Waals surface area contributed by atoms with E-state index in [0.29, 0.717) is 27.7 Å². The van der Waals surface area contributed by atoms with E-state index in [2.05, 4.69) is 11.9 Å². The van der Waals surface area contributed by atoms with Crippen molar-refractivity contribution in [3.63, 3.8) is 0 Å².